The molecular formula is C24H29N3O3. The first kappa shape index (κ1) is 19.4. The van der Waals surface area contributed by atoms with E-state index in [9.17, 15) is 4.79 Å². The number of hydrogen-bond donors (Lipinski definition) is 1. The Hall–Kier alpha value is -2.57. The van der Waals surface area contributed by atoms with E-state index in [4.69, 9.17) is 9.47 Å². The summed E-state index contributed by atoms with van der Waals surface area (Å²) >= 11 is 0. The maximum Gasteiger partial charge on any atom is 0.252 e. The highest BCUT2D eigenvalue weighted by Crippen LogP contribution is 2.29. The van der Waals surface area contributed by atoms with Crippen molar-refractivity contribution in [2.75, 3.05) is 50.8 Å². The predicted octanol–water partition coefficient (Wildman–Crippen LogP) is 2.59. The number of piperazine rings is 1. The van der Waals surface area contributed by atoms with Crippen molar-refractivity contribution >= 4 is 11.6 Å². The number of benzene rings is 2. The fourth-order valence-corrected chi connectivity index (χ4v) is 4.65. The van der Waals surface area contributed by atoms with Crippen molar-refractivity contribution in [3.63, 3.8) is 0 Å². The molecule has 3 heterocycles. The molecule has 2 aromatic carbocycles. The largest absolute Gasteiger partial charge is 0.494 e. The molecule has 6 heteroatoms. The van der Waals surface area contributed by atoms with E-state index < -0.39 is 0 Å². The monoisotopic (exact) mass is 407 g/mol. The van der Waals surface area contributed by atoms with Crippen LogP contribution in [0.15, 0.2) is 36.4 Å². The van der Waals surface area contributed by atoms with Crippen LogP contribution in [-0.2, 0) is 24.3 Å². The molecule has 0 saturated carbocycles. The van der Waals surface area contributed by atoms with Crippen LogP contribution in [0.25, 0.3) is 0 Å². The van der Waals surface area contributed by atoms with Gasteiger partial charge in [-0.15, -0.1) is 0 Å². The van der Waals surface area contributed by atoms with Crippen LogP contribution < -0.4 is 15.0 Å². The second-order valence-corrected chi connectivity index (χ2v) is 8.25. The van der Waals surface area contributed by atoms with Crippen LogP contribution in [0.5, 0.6) is 5.75 Å². The smallest absolute Gasteiger partial charge is 0.252 e. The Morgan fingerprint density at radius 2 is 1.97 bits per heavy atom. The van der Waals surface area contributed by atoms with E-state index in [1.165, 1.54) is 16.8 Å². The van der Waals surface area contributed by atoms with Crippen molar-refractivity contribution in [1.82, 2.24) is 10.2 Å². The average molecular weight is 408 g/mol. The van der Waals surface area contributed by atoms with Crippen molar-refractivity contribution < 1.29 is 14.3 Å². The summed E-state index contributed by atoms with van der Waals surface area (Å²) in [5, 5.41) is 2.84. The SMILES string of the molecule is O=C1NCc2ccc(OCCCN3CCN(c4cccc5c4COCC5)CC3)cc21. The third-order valence-electron chi connectivity index (χ3n) is 6.38. The molecule has 0 aromatic heterocycles. The Morgan fingerprint density at radius 1 is 1.07 bits per heavy atom. The van der Waals surface area contributed by atoms with Gasteiger partial charge in [0.05, 0.1) is 19.8 Å². The van der Waals surface area contributed by atoms with Gasteiger partial charge in [-0.05, 0) is 42.2 Å². The van der Waals surface area contributed by atoms with Crippen molar-refractivity contribution in [2.24, 2.45) is 0 Å². The maximum absolute atomic E-state index is 11.8. The van der Waals surface area contributed by atoms with Crippen LogP contribution in [0.3, 0.4) is 0 Å². The number of rotatable bonds is 6. The minimum atomic E-state index is -0.000402. The van der Waals surface area contributed by atoms with Crippen LogP contribution in [0.2, 0.25) is 0 Å². The third kappa shape index (κ3) is 4.02. The van der Waals surface area contributed by atoms with Gasteiger partial charge in [-0.1, -0.05) is 18.2 Å². The fourth-order valence-electron chi connectivity index (χ4n) is 4.65. The summed E-state index contributed by atoms with van der Waals surface area (Å²) in [5.41, 5.74) is 5.99. The second-order valence-electron chi connectivity index (χ2n) is 8.25. The van der Waals surface area contributed by atoms with E-state index in [1.807, 2.05) is 18.2 Å². The van der Waals surface area contributed by atoms with Crippen molar-refractivity contribution in [3.8, 4) is 5.75 Å². The van der Waals surface area contributed by atoms with Crippen LogP contribution in [0.1, 0.15) is 33.5 Å². The summed E-state index contributed by atoms with van der Waals surface area (Å²) in [7, 11) is 0. The van der Waals surface area contributed by atoms with Gasteiger partial charge < -0.3 is 19.7 Å². The molecule has 5 rings (SSSR count). The molecule has 2 aromatic rings. The molecule has 3 aliphatic heterocycles. The Labute approximate surface area is 177 Å². The van der Waals surface area contributed by atoms with Gasteiger partial charge in [-0.3, -0.25) is 9.69 Å². The minimum Gasteiger partial charge on any atom is -0.494 e. The number of hydrogen-bond acceptors (Lipinski definition) is 5. The number of amides is 1. The summed E-state index contributed by atoms with van der Waals surface area (Å²) in [6.45, 7) is 8.17. The number of ether oxygens (including phenoxy) is 2. The zero-order valence-electron chi connectivity index (χ0n) is 17.4. The number of carbonyl (C=O) groups excluding carboxylic acids is 1. The summed E-state index contributed by atoms with van der Waals surface area (Å²) in [5.74, 6) is 0.784. The zero-order chi connectivity index (χ0) is 20.3. The lowest BCUT2D eigenvalue weighted by atomic mass is 10.0. The average Bonchev–Trinajstić information content (AvgIpc) is 3.17. The summed E-state index contributed by atoms with van der Waals surface area (Å²) in [6.07, 6.45) is 2.01. The Morgan fingerprint density at radius 3 is 2.87 bits per heavy atom. The van der Waals surface area contributed by atoms with Crippen molar-refractivity contribution in [2.45, 2.75) is 26.0 Å². The number of fused-ring (bicyclic) bond motifs is 2. The van der Waals surface area contributed by atoms with Gasteiger partial charge in [-0.2, -0.15) is 0 Å². The lowest BCUT2D eigenvalue weighted by molar-refractivity contribution is 0.0965. The number of nitrogens with zero attached hydrogens (tertiary/aromatic N) is 2. The molecular weight excluding hydrogens is 378 g/mol. The molecule has 0 radical (unpaired) electrons. The normalized spacial score (nSPS) is 18.7. The fraction of sp³-hybridized carbons (Fsp3) is 0.458. The lowest BCUT2D eigenvalue weighted by Crippen LogP contribution is -2.47. The number of carbonyl (C=O) groups is 1. The molecule has 6 nitrogen and oxygen atoms in total. The standard InChI is InChI=1S/C24H29N3O3/c28-24-21-15-20(6-5-19(21)16-25-24)30-13-2-8-26-9-11-27(12-10-26)23-4-1-3-18-7-14-29-17-22(18)23/h1,3-6,15H,2,7-14,16-17H2,(H,25,28). The van der Waals surface area contributed by atoms with Crippen molar-refractivity contribution in [1.29, 1.82) is 0 Å². The maximum atomic E-state index is 11.8. The first-order valence-corrected chi connectivity index (χ1v) is 11.0. The summed E-state index contributed by atoms with van der Waals surface area (Å²) in [4.78, 5) is 16.8. The molecule has 1 amide bonds. The molecule has 0 aliphatic carbocycles. The number of nitrogens with one attached hydrogen (secondary N) is 1. The second kappa shape index (κ2) is 8.66. The van der Waals surface area contributed by atoms with E-state index >= 15 is 0 Å². The molecule has 158 valence electrons. The highest BCUT2D eigenvalue weighted by atomic mass is 16.5. The highest BCUT2D eigenvalue weighted by molar-refractivity contribution is 5.98. The third-order valence-corrected chi connectivity index (χ3v) is 6.38. The Bertz CT molecular complexity index is 922. The van der Waals surface area contributed by atoms with Gasteiger partial charge in [-0.25, -0.2) is 0 Å². The van der Waals surface area contributed by atoms with E-state index in [-0.39, 0.29) is 5.91 Å². The van der Waals surface area contributed by atoms with Gasteiger partial charge in [0.25, 0.3) is 5.91 Å². The molecule has 0 bridgehead atoms. The van der Waals surface area contributed by atoms with Crippen LogP contribution in [0.4, 0.5) is 5.69 Å². The molecule has 3 aliphatic rings. The molecule has 30 heavy (non-hydrogen) atoms. The molecule has 0 spiro atoms. The molecule has 1 saturated heterocycles. The van der Waals surface area contributed by atoms with Crippen LogP contribution >= 0.6 is 0 Å². The van der Waals surface area contributed by atoms with E-state index in [0.717, 1.165) is 75.7 Å². The minimum absolute atomic E-state index is 0.000402. The van der Waals surface area contributed by atoms with Gasteiger partial charge in [0.15, 0.2) is 0 Å². The van der Waals surface area contributed by atoms with E-state index in [0.29, 0.717) is 13.2 Å². The van der Waals surface area contributed by atoms with Crippen LogP contribution in [0, 0.1) is 0 Å². The molecule has 0 atom stereocenters. The first-order valence-electron chi connectivity index (χ1n) is 11.0. The highest BCUT2D eigenvalue weighted by Gasteiger charge is 2.22. The molecule has 0 unspecified atom stereocenters. The zero-order valence-corrected chi connectivity index (χ0v) is 17.4. The number of anilines is 1. The molecule has 1 N–H and O–H groups in total. The lowest BCUT2D eigenvalue weighted by Gasteiger charge is -2.37. The van der Waals surface area contributed by atoms with E-state index in [1.54, 1.807) is 0 Å². The Kier molecular flexibility index (Phi) is 5.60. The predicted molar refractivity (Wildman–Crippen MR) is 116 cm³/mol. The Balaban J connectivity index is 1.08. The van der Waals surface area contributed by atoms with Gasteiger partial charge in [0.1, 0.15) is 5.75 Å². The van der Waals surface area contributed by atoms with Gasteiger partial charge >= 0.3 is 0 Å². The van der Waals surface area contributed by atoms with Gasteiger partial charge in [0, 0.05) is 56.1 Å². The first-order chi connectivity index (χ1) is 14.8. The van der Waals surface area contributed by atoms with Crippen molar-refractivity contribution in [3.05, 3.63) is 58.7 Å². The summed E-state index contributed by atoms with van der Waals surface area (Å²) < 4.78 is 11.6. The van der Waals surface area contributed by atoms with E-state index in [2.05, 4.69) is 33.3 Å². The van der Waals surface area contributed by atoms with Gasteiger partial charge in [0.2, 0.25) is 0 Å². The van der Waals surface area contributed by atoms with Crippen LogP contribution in [-0.4, -0.2) is 56.7 Å². The quantitative estimate of drug-likeness (QED) is 0.746. The summed E-state index contributed by atoms with van der Waals surface area (Å²) in [6, 6.07) is 12.5. The topological polar surface area (TPSA) is 54.0 Å². The molecule has 1 fully saturated rings.